The summed E-state index contributed by atoms with van der Waals surface area (Å²) in [5, 5.41) is 11.0. The number of nitrogens with one attached hydrogen (secondary N) is 2. The number of carbonyl (C=O) groups is 1. The van der Waals surface area contributed by atoms with Crippen LogP contribution in [-0.4, -0.2) is 39.5 Å². The average Bonchev–Trinajstić information content (AvgIpc) is 3.08. The Bertz CT molecular complexity index is 691. The molecule has 118 valence electrons. The van der Waals surface area contributed by atoms with E-state index in [9.17, 15) is 4.79 Å². The van der Waals surface area contributed by atoms with Crippen LogP contribution < -0.4 is 10.6 Å². The van der Waals surface area contributed by atoms with Gasteiger partial charge in [0.25, 0.3) is 0 Å². The molecule has 7 nitrogen and oxygen atoms in total. The molecule has 2 aromatic heterocycles. The quantitative estimate of drug-likeness (QED) is 0.908. The van der Waals surface area contributed by atoms with Crippen LogP contribution in [0.3, 0.4) is 0 Å². The molecular formula is C15H21N5O2. The van der Waals surface area contributed by atoms with Gasteiger partial charge in [-0.1, -0.05) is 0 Å². The van der Waals surface area contributed by atoms with Gasteiger partial charge in [0, 0.05) is 19.0 Å². The third-order valence-electron chi connectivity index (χ3n) is 4.00. The first kappa shape index (κ1) is 14.8. The number of pyridine rings is 1. The Kier molecular flexibility index (Phi) is 3.98. The molecule has 1 aliphatic heterocycles. The Hall–Kier alpha value is -2.15. The summed E-state index contributed by atoms with van der Waals surface area (Å²) in [5.41, 5.74) is 2.35. The molecule has 7 heteroatoms. The molecule has 1 aliphatic rings. The lowest BCUT2D eigenvalue weighted by molar-refractivity contribution is 0.0868. The second-order valence-corrected chi connectivity index (χ2v) is 5.74. The first-order valence-electron chi connectivity index (χ1n) is 7.53. The van der Waals surface area contributed by atoms with Crippen molar-refractivity contribution in [1.82, 2.24) is 20.1 Å². The Morgan fingerprint density at radius 1 is 1.55 bits per heavy atom. The molecule has 0 aromatic carbocycles. The molecule has 0 aliphatic carbocycles. The molecule has 0 radical (unpaired) electrons. The van der Waals surface area contributed by atoms with E-state index in [-0.39, 0.29) is 18.2 Å². The molecule has 3 rings (SSSR count). The summed E-state index contributed by atoms with van der Waals surface area (Å²) in [4.78, 5) is 16.4. The van der Waals surface area contributed by atoms with E-state index in [0.29, 0.717) is 5.69 Å². The van der Waals surface area contributed by atoms with Crippen LogP contribution in [0.5, 0.6) is 0 Å². The van der Waals surface area contributed by atoms with Crippen molar-refractivity contribution < 1.29 is 9.53 Å². The second kappa shape index (κ2) is 5.92. The number of amides is 2. The van der Waals surface area contributed by atoms with Gasteiger partial charge in [0.2, 0.25) is 0 Å². The number of rotatable bonds is 3. The smallest absolute Gasteiger partial charge is 0.319 e. The number of hydrogen-bond donors (Lipinski definition) is 2. The fourth-order valence-electron chi connectivity index (χ4n) is 2.84. The van der Waals surface area contributed by atoms with Crippen molar-refractivity contribution in [3.8, 4) is 0 Å². The van der Waals surface area contributed by atoms with Gasteiger partial charge in [-0.25, -0.2) is 9.78 Å². The van der Waals surface area contributed by atoms with Crippen LogP contribution in [0.25, 0.3) is 11.0 Å². The Balaban J connectivity index is 1.67. The summed E-state index contributed by atoms with van der Waals surface area (Å²) in [6, 6.07) is 1.63. The van der Waals surface area contributed by atoms with Crippen LogP contribution in [0.4, 0.5) is 10.5 Å². The maximum atomic E-state index is 12.1. The Morgan fingerprint density at radius 2 is 2.36 bits per heavy atom. The van der Waals surface area contributed by atoms with Crippen molar-refractivity contribution in [2.24, 2.45) is 7.05 Å². The lowest BCUT2D eigenvalue weighted by Crippen LogP contribution is -2.42. The lowest BCUT2D eigenvalue weighted by atomic mass is 10.1. The Morgan fingerprint density at radius 3 is 3.09 bits per heavy atom. The minimum atomic E-state index is -0.245. The van der Waals surface area contributed by atoms with Crippen molar-refractivity contribution in [1.29, 1.82) is 0 Å². The number of aryl methyl sites for hydroxylation is 2. The number of nitrogens with zero attached hydrogens (tertiary/aromatic N) is 3. The third-order valence-corrected chi connectivity index (χ3v) is 4.00. The molecule has 1 saturated heterocycles. The minimum absolute atomic E-state index is 0.0145. The predicted octanol–water partition coefficient (Wildman–Crippen LogP) is 1.97. The summed E-state index contributed by atoms with van der Waals surface area (Å²) in [7, 11) is 1.85. The summed E-state index contributed by atoms with van der Waals surface area (Å²) in [6.45, 7) is 4.66. The highest BCUT2D eigenvalue weighted by Gasteiger charge is 2.23. The first-order chi connectivity index (χ1) is 10.5. The predicted molar refractivity (Wildman–Crippen MR) is 83.8 cm³/mol. The number of aromatic nitrogens is 3. The summed E-state index contributed by atoms with van der Waals surface area (Å²) < 4.78 is 7.31. The normalized spacial score (nSPS) is 19.3. The fourth-order valence-corrected chi connectivity index (χ4v) is 2.84. The number of anilines is 1. The van der Waals surface area contributed by atoms with Crippen LogP contribution in [0.15, 0.2) is 12.3 Å². The third kappa shape index (κ3) is 2.89. The molecule has 0 bridgehead atoms. The van der Waals surface area contributed by atoms with Crippen molar-refractivity contribution >= 4 is 22.8 Å². The molecule has 2 aromatic rings. The van der Waals surface area contributed by atoms with Crippen LogP contribution in [0, 0.1) is 6.92 Å². The van der Waals surface area contributed by atoms with E-state index in [1.54, 1.807) is 10.9 Å². The minimum Gasteiger partial charge on any atom is -0.376 e. The summed E-state index contributed by atoms with van der Waals surface area (Å²) >= 11 is 0. The van der Waals surface area contributed by atoms with Crippen LogP contribution in [0.2, 0.25) is 0 Å². The van der Waals surface area contributed by atoms with E-state index in [1.807, 2.05) is 27.0 Å². The molecule has 2 amide bonds. The maximum absolute atomic E-state index is 12.1. The van der Waals surface area contributed by atoms with Crippen molar-refractivity contribution in [2.45, 2.75) is 38.8 Å². The van der Waals surface area contributed by atoms with Crippen molar-refractivity contribution in [2.75, 3.05) is 11.9 Å². The maximum Gasteiger partial charge on any atom is 0.319 e. The molecule has 3 heterocycles. The zero-order valence-corrected chi connectivity index (χ0v) is 13.1. The number of carbonyl (C=O) groups excluding carboxylic acids is 1. The molecule has 2 N–H and O–H groups in total. The van der Waals surface area contributed by atoms with Gasteiger partial charge in [0.1, 0.15) is 0 Å². The van der Waals surface area contributed by atoms with E-state index < -0.39 is 0 Å². The van der Waals surface area contributed by atoms with E-state index in [2.05, 4.69) is 20.7 Å². The van der Waals surface area contributed by atoms with Crippen LogP contribution in [-0.2, 0) is 11.8 Å². The zero-order valence-electron chi connectivity index (χ0n) is 13.1. The standard InChI is InChI=1S/C15H21N5O2/c1-9-12-7-11(8-16-14(12)20(3)19-9)18-15(21)17-10(2)13-5-4-6-22-13/h7-8,10,13H,4-6H2,1-3H3,(H2,17,18,21). The van der Waals surface area contributed by atoms with Gasteiger partial charge in [-0.15, -0.1) is 0 Å². The number of ether oxygens (including phenoxy) is 1. The second-order valence-electron chi connectivity index (χ2n) is 5.74. The number of fused-ring (bicyclic) bond motifs is 1. The highest BCUT2D eigenvalue weighted by atomic mass is 16.5. The van der Waals surface area contributed by atoms with Gasteiger partial charge in [-0.05, 0) is 32.8 Å². The lowest BCUT2D eigenvalue weighted by Gasteiger charge is -2.20. The van der Waals surface area contributed by atoms with Crippen molar-refractivity contribution in [3.05, 3.63) is 18.0 Å². The van der Waals surface area contributed by atoms with E-state index in [4.69, 9.17) is 4.74 Å². The molecule has 1 fully saturated rings. The first-order valence-corrected chi connectivity index (χ1v) is 7.53. The highest BCUT2D eigenvalue weighted by Crippen LogP contribution is 2.19. The van der Waals surface area contributed by atoms with Gasteiger partial charge in [-0.2, -0.15) is 5.10 Å². The monoisotopic (exact) mass is 303 g/mol. The zero-order chi connectivity index (χ0) is 15.7. The van der Waals surface area contributed by atoms with Crippen LogP contribution >= 0.6 is 0 Å². The van der Waals surface area contributed by atoms with E-state index >= 15 is 0 Å². The number of hydrogen-bond acceptors (Lipinski definition) is 4. The topological polar surface area (TPSA) is 81.1 Å². The highest BCUT2D eigenvalue weighted by molar-refractivity contribution is 5.92. The largest absolute Gasteiger partial charge is 0.376 e. The SMILES string of the molecule is Cc1nn(C)c2ncc(NC(=O)NC(C)C3CCCO3)cc12. The van der Waals surface area contributed by atoms with Gasteiger partial charge in [0.15, 0.2) is 5.65 Å². The molecule has 2 unspecified atom stereocenters. The fraction of sp³-hybridized carbons (Fsp3) is 0.533. The summed E-state index contributed by atoms with van der Waals surface area (Å²) in [6.07, 6.45) is 3.79. The van der Waals surface area contributed by atoms with Gasteiger partial charge in [0.05, 0.1) is 29.7 Å². The van der Waals surface area contributed by atoms with E-state index in [0.717, 1.165) is 36.2 Å². The van der Waals surface area contributed by atoms with Crippen molar-refractivity contribution in [3.63, 3.8) is 0 Å². The molecule has 0 saturated carbocycles. The van der Waals surface area contributed by atoms with Gasteiger partial charge in [-0.3, -0.25) is 4.68 Å². The molecule has 2 atom stereocenters. The molecule has 22 heavy (non-hydrogen) atoms. The summed E-state index contributed by atoms with van der Waals surface area (Å²) in [5.74, 6) is 0. The average molecular weight is 303 g/mol. The van der Waals surface area contributed by atoms with Gasteiger partial charge < -0.3 is 15.4 Å². The van der Waals surface area contributed by atoms with Crippen LogP contribution in [0.1, 0.15) is 25.5 Å². The van der Waals surface area contributed by atoms with Gasteiger partial charge >= 0.3 is 6.03 Å². The molecule has 0 spiro atoms. The Labute approximate surface area is 129 Å². The van der Waals surface area contributed by atoms with E-state index in [1.165, 1.54) is 0 Å². The number of urea groups is 1. The molecular weight excluding hydrogens is 282 g/mol.